The number of nitrogens with zero attached hydrogens (tertiary/aromatic N) is 2. The van der Waals surface area contributed by atoms with Crippen LogP contribution in [0.15, 0.2) is 56.7 Å². The Bertz CT molecular complexity index is 1310. The van der Waals surface area contributed by atoms with E-state index in [4.69, 9.17) is 4.74 Å². The number of ketones is 1. The summed E-state index contributed by atoms with van der Waals surface area (Å²) in [6.45, 7) is 4.90. The number of carbonyl (C=O) groups is 2. The SMILES string of the molecule is CC(C)(C)OC(=O)n1c(=O)ccn(C2C(=O)c3ccc(Br)c4cccc2c34)c1=O. The molecule has 0 radical (unpaired) electrons. The van der Waals surface area contributed by atoms with Crippen LogP contribution in [-0.4, -0.2) is 26.6 Å². The molecule has 8 heteroatoms. The second kappa shape index (κ2) is 6.52. The maximum absolute atomic E-state index is 13.2. The first-order valence-corrected chi connectivity index (χ1v) is 9.72. The molecule has 1 unspecified atom stereocenters. The minimum Gasteiger partial charge on any atom is -0.443 e. The van der Waals surface area contributed by atoms with Crippen molar-refractivity contribution in [3.8, 4) is 0 Å². The third-order valence-corrected chi connectivity index (χ3v) is 5.38. The van der Waals surface area contributed by atoms with Crippen molar-refractivity contribution in [2.24, 2.45) is 0 Å². The number of halogens is 1. The van der Waals surface area contributed by atoms with Crippen LogP contribution in [0.25, 0.3) is 10.8 Å². The molecule has 1 aliphatic carbocycles. The summed E-state index contributed by atoms with van der Waals surface area (Å²) in [5.74, 6) is -0.278. The Hall–Kier alpha value is -3.00. The Morgan fingerprint density at radius 2 is 1.79 bits per heavy atom. The first kappa shape index (κ1) is 19.3. The van der Waals surface area contributed by atoms with Gasteiger partial charge in [0.25, 0.3) is 5.56 Å². The molecule has 29 heavy (non-hydrogen) atoms. The second-order valence-corrected chi connectivity index (χ2v) is 8.65. The molecule has 0 spiro atoms. The average molecular weight is 457 g/mol. The summed E-state index contributed by atoms with van der Waals surface area (Å²) in [6.07, 6.45) is 0.166. The number of ether oxygens (including phenoxy) is 1. The molecule has 3 aromatic rings. The van der Waals surface area contributed by atoms with Crippen molar-refractivity contribution in [2.75, 3.05) is 0 Å². The topological polar surface area (TPSA) is 87.4 Å². The summed E-state index contributed by atoms with van der Waals surface area (Å²) in [5.41, 5.74) is -1.50. The van der Waals surface area contributed by atoms with E-state index in [1.54, 1.807) is 45.0 Å². The van der Waals surface area contributed by atoms with E-state index in [1.807, 2.05) is 6.07 Å². The lowest BCUT2D eigenvalue weighted by Crippen LogP contribution is -2.46. The number of carbonyl (C=O) groups excluding carboxylic acids is 2. The van der Waals surface area contributed by atoms with Gasteiger partial charge in [-0.25, -0.2) is 9.59 Å². The fourth-order valence-electron chi connectivity index (χ4n) is 3.56. The normalized spacial score (nSPS) is 15.7. The summed E-state index contributed by atoms with van der Waals surface area (Å²) < 4.78 is 7.54. The van der Waals surface area contributed by atoms with Crippen molar-refractivity contribution >= 4 is 38.6 Å². The Balaban J connectivity index is 1.92. The van der Waals surface area contributed by atoms with E-state index in [0.29, 0.717) is 15.7 Å². The molecule has 0 saturated heterocycles. The molecular weight excluding hydrogens is 440 g/mol. The van der Waals surface area contributed by atoms with E-state index in [2.05, 4.69) is 15.9 Å². The quantitative estimate of drug-likeness (QED) is 0.559. The molecule has 1 atom stereocenters. The molecule has 2 aromatic carbocycles. The molecule has 0 bridgehead atoms. The number of benzene rings is 2. The van der Waals surface area contributed by atoms with E-state index in [0.717, 1.165) is 25.9 Å². The Morgan fingerprint density at radius 1 is 1.07 bits per heavy atom. The van der Waals surface area contributed by atoms with Gasteiger partial charge < -0.3 is 4.74 Å². The highest BCUT2D eigenvalue weighted by Crippen LogP contribution is 2.40. The molecule has 7 nitrogen and oxygen atoms in total. The van der Waals surface area contributed by atoms with Crippen LogP contribution in [-0.2, 0) is 4.74 Å². The fourth-order valence-corrected chi connectivity index (χ4v) is 4.02. The summed E-state index contributed by atoms with van der Waals surface area (Å²) >= 11 is 3.49. The van der Waals surface area contributed by atoms with Gasteiger partial charge in [-0.2, -0.15) is 4.57 Å². The monoisotopic (exact) mass is 456 g/mol. The van der Waals surface area contributed by atoms with Crippen molar-refractivity contribution < 1.29 is 14.3 Å². The Labute approximate surface area is 173 Å². The van der Waals surface area contributed by atoms with Crippen LogP contribution in [0.4, 0.5) is 4.79 Å². The predicted octanol–water partition coefficient (Wildman–Crippen LogP) is 3.49. The third kappa shape index (κ3) is 3.04. The Kier molecular flexibility index (Phi) is 4.34. The van der Waals surface area contributed by atoms with Crippen molar-refractivity contribution in [3.05, 3.63) is 79.0 Å². The zero-order valence-corrected chi connectivity index (χ0v) is 17.5. The molecule has 0 fully saturated rings. The molecule has 148 valence electrons. The molecule has 1 aromatic heterocycles. The number of Topliss-reactive ketones (excluding diaryl/α,β-unsaturated/α-hetero) is 1. The van der Waals surface area contributed by atoms with Gasteiger partial charge in [-0.15, -0.1) is 0 Å². The van der Waals surface area contributed by atoms with Crippen LogP contribution in [0.5, 0.6) is 0 Å². The second-order valence-electron chi connectivity index (χ2n) is 7.79. The average Bonchev–Trinajstić information content (AvgIpc) is 2.90. The lowest BCUT2D eigenvalue weighted by molar-refractivity contribution is 0.0518. The number of hydrogen-bond donors (Lipinski definition) is 0. The van der Waals surface area contributed by atoms with Crippen molar-refractivity contribution in [2.45, 2.75) is 32.4 Å². The number of rotatable bonds is 1. The highest BCUT2D eigenvalue weighted by molar-refractivity contribution is 9.10. The van der Waals surface area contributed by atoms with Crippen LogP contribution in [0, 0.1) is 0 Å². The molecule has 0 N–H and O–H groups in total. The third-order valence-electron chi connectivity index (χ3n) is 4.69. The summed E-state index contributed by atoms with van der Waals surface area (Å²) in [4.78, 5) is 50.9. The minimum absolute atomic E-state index is 0.278. The van der Waals surface area contributed by atoms with E-state index in [9.17, 15) is 19.2 Å². The van der Waals surface area contributed by atoms with Gasteiger partial charge in [0, 0.05) is 22.3 Å². The first-order valence-electron chi connectivity index (χ1n) is 8.93. The van der Waals surface area contributed by atoms with Gasteiger partial charge in [0.05, 0.1) is 0 Å². The van der Waals surface area contributed by atoms with Crippen molar-refractivity contribution in [1.82, 2.24) is 9.13 Å². The first-order chi connectivity index (χ1) is 13.6. The van der Waals surface area contributed by atoms with Crippen molar-refractivity contribution in [1.29, 1.82) is 0 Å². The standard InChI is InChI=1S/C21H17BrN2O5/c1-21(2,3)29-20(28)24-15(25)9-10-23(19(24)27)17-12-6-4-5-11-14(22)8-7-13(16(11)12)18(17)26/h4-10,17H,1-3H3. The van der Waals surface area contributed by atoms with E-state index < -0.39 is 29.0 Å². The van der Waals surface area contributed by atoms with Gasteiger partial charge in [0.1, 0.15) is 11.6 Å². The fraction of sp³-hybridized carbons (Fsp3) is 0.238. The molecule has 4 rings (SSSR count). The van der Waals surface area contributed by atoms with Gasteiger partial charge in [-0.1, -0.05) is 34.1 Å². The smallest absolute Gasteiger partial charge is 0.425 e. The van der Waals surface area contributed by atoms with Crippen LogP contribution >= 0.6 is 15.9 Å². The summed E-state index contributed by atoms with van der Waals surface area (Å²) in [5, 5.41) is 1.60. The van der Waals surface area contributed by atoms with Crippen LogP contribution in [0.3, 0.4) is 0 Å². The maximum Gasteiger partial charge on any atom is 0.425 e. The highest BCUT2D eigenvalue weighted by atomic mass is 79.9. The highest BCUT2D eigenvalue weighted by Gasteiger charge is 2.36. The zero-order valence-electron chi connectivity index (χ0n) is 15.9. The van der Waals surface area contributed by atoms with Crippen LogP contribution in [0.2, 0.25) is 0 Å². The summed E-state index contributed by atoms with van der Waals surface area (Å²) in [7, 11) is 0. The molecule has 0 aliphatic heterocycles. The predicted molar refractivity (Wildman–Crippen MR) is 111 cm³/mol. The molecule has 1 aliphatic rings. The minimum atomic E-state index is -1.08. The molecular formula is C21H17BrN2O5. The lowest BCUT2D eigenvalue weighted by atomic mass is 10.0. The van der Waals surface area contributed by atoms with E-state index in [-0.39, 0.29) is 5.78 Å². The summed E-state index contributed by atoms with van der Waals surface area (Å²) in [6, 6.07) is 9.05. The van der Waals surface area contributed by atoms with Gasteiger partial charge >= 0.3 is 11.8 Å². The lowest BCUT2D eigenvalue weighted by Gasteiger charge is -2.20. The van der Waals surface area contributed by atoms with Gasteiger partial charge in [0.2, 0.25) is 0 Å². The van der Waals surface area contributed by atoms with Crippen LogP contribution < -0.4 is 11.2 Å². The molecule has 0 amide bonds. The van der Waals surface area contributed by atoms with E-state index in [1.165, 1.54) is 6.20 Å². The maximum atomic E-state index is 13.2. The van der Waals surface area contributed by atoms with Crippen molar-refractivity contribution in [3.63, 3.8) is 0 Å². The molecule has 0 saturated carbocycles. The number of hydrogen-bond acceptors (Lipinski definition) is 5. The van der Waals surface area contributed by atoms with E-state index >= 15 is 0 Å². The molecule has 1 heterocycles. The van der Waals surface area contributed by atoms with Crippen LogP contribution in [0.1, 0.15) is 42.7 Å². The van der Waals surface area contributed by atoms with Gasteiger partial charge in [-0.05, 0) is 49.2 Å². The largest absolute Gasteiger partial charge is 0.443 e. The number of aromatic nitrogens is 2. The zero-order chi connectivity index (χ0) is 21.1. The van der Waals surface area contributed by atoms with Gasteiger partial charge in [-0.3, -0.25) is 14.2 Å². The Morgan fingerprint density at radius 3 is 2.48 bits per heavy atom. The van der Waals surface area contributed by atoms with Gasteiger partial charge in [0.15, 0.2) is 5.78 Å².